The minimum Gasteiger partial charge on any atom is -0.496 e. The van der Waals surface area contributed by atoms with E-state index in [9.17, 15) is 0 Å². The van der Waals surface area contributed by atoms with Crippen molar-refractivity contribution in [1.82, 2.24) is 9.36 Å². The van der Waals surface area contributed by atoms with E-state index in [1.54, 1.807) is 20.4 Å². The molecule has 1 unspecified atom stereocenters. The van der Waals surface area contributed by atoms with Crippen LogP contribution >= 0.6 is 11.5 Å². The van der Waals surface area contributed by atoms with Crippen molar-refractivity contribution in [1.29, 1.82) is 0 Å². The Morgan fingerprint density at radius 3 is 2.82 bits per heavy atom. The largest absolute Gasteiger partial charge is 0.496 e. The maximum absolute atomic E-state index is 5.40. The molecular weight excluding hydrogens is 298 g/mol. The second-order valence-corrected chi connectivity index (χ2v) is 5.49. The van der Waals surface area contributed by atoms with Gasteiger partial charge in [-0.05, 0) is 36.7 Å². The number of pyridine rings is 1. The van der Waals surface area contributed by atoms with E-state index in [0.29, 0.717) is 5.88 Å². The highest BCUT2D eigenvalue weighted by molar-refractivity contribution is 7.03. The van der Waals surface area contributed by atoms with Crippen molar-refractivity contribution in [2.24, 2.45) is 0 Å². The molecule has 0 aliphatic heterocycles. The average molecular weight is 315 g/mol. The summed E-state index contributed by atoms with van der Waals surface area (Å²) in [4.78, 5) is 4.48. The van der Waals surface area contributed by atoms with Crippen LogP contribution in [0.4, 0.5) is 5.69 Å². The zero-order valence-corrected chi connectivity index (χ0v) is 13.5. The summed E-state index contributed by atoms with van der Waals surface area (Å²) in [7, 11) is 3.30. The molecule has 0 radical (unpaired) electrons. The van der Waals surface area contributed by atoms with Crippen LogP contribution in [0.2, 0.25) is 0 Å². The van der Waals surface area contributed by atoms with E-state index in [1.807, 2.05) is 29.6 Å². The number of rotatable bonds is 5. The molecule has 0 saturated heterocycles. The summed E-state index contributed by atoms with van der Waals surface area (Å²) in [5, 5.41) is 6.46. The van der Waals surface area contributed by atoms with Gasteiger partial charge in [0.15, 0.2) is 0 Å². The van der Waals surface area contributed by atoms with Crippen molar-refractivity contribution in [2.75, 3.05) is 19.5 Å². The number of fused-ring (bicyclic) bond motifs is 1. The number of hydrogen-bond donors (Lipinski definition) is 1. The molecule has 0 aliphatic carbocycles. The first-order valence-electron chi connectivity index (χ1n) is 6.91. The van der Waals surface area contributed by atoms with Gasteiger partial charge in [0.2, 0.25) is 5.88 Å². The van der Waals surface area contributed by atoms with Crippen LogP contribution in [0, 0.1) is 0 Å². The minimum absolute atomic E-state index is 0.0623. The van der Waals surface area contributed by atoms with Crippen LogP contribution in [-0.4, -0.2) is 23.6 Å². The van der Waals surface area contributed by atoms with Crippen molar-refractivity contribution in [2.45, 2.75) is 13.0 Å². The third-order valence-electron chi connectivity index (χ3n) is 3.55. The Balaban J connectivity index is 1.97. The fourth-order valence-corrected chi connectivity index (χ4v) is 3.18. The number of hydrogen-bond acceptors (Lipinski definition) is 6. The lowest BCUT2D eigenvalue weighted by molar-refractivity contribution is 0.396. The number of nitrogens with zero attached hydrogens (tertiary/aromatic N) is 2. The molecule has 3 aromatic rings. The maximum Gasteiger partial charge on any atom is 0.230 e. The Morgan fingerprint density at radius 2 is 2.05 bits per heavy atom. The predicted octanol–water partition coefficient (Wildman–Crippen LogP) is 3.88. The average Bonchev–Trinajstić information content (AvgIpc) is 3.03. The molecule has 22 heavy (non-hydrogen) atoms. The molecule has 1 N–H and O–H groups in total. The molecule has 0 spiro atoms. The number of methoxy groups -OCH3 is 2. The second-order valence-electron chi connectivity index (χ2n) is 4.86. The molecule has 5 nitrogen and oxygen atoms in total. The first kappa shape index (κ1) is 14.6. The van der Waals surface area contributed by atoms with E-state index in [-0.39, 0.29) is 6.04 Å². The molecule has 0 bridgehead atoms. The van der Waals surface area contributed by atoms with Crippen LogP contribution in [-0.2, 0) is 0 Å². The second kappa shape index (κ2) is 6.19. The van der Waals surface area contributed by atoms with Crippen LogP contribution < -0.4 is 14.8 Å². The van der Waals surface area contributed by atoms with Crippen LogP contribution in [0.3, 0.4) is 0 Å². The van der Waals surface area contributed by atoms with Gasteiger partial charge >= 0.3 is 0 Å². The number of nitrogens with one attached hydrogen (secondary N) is 1. The van der Waals surface area contributed by atoms with Gasteiger partial charge in [-0.2, -0.15) is 4.37 Å². The predicted molar refractivity (Wildman–Crippen MR) is 89.0 cm³/mol. The summed E-state index contributed by atoms with van der Waals surface area (Å²) >= 11 is 1.39. The highest BCUT2D eigenvalue weighted by atomic mass is 32.1. The topological polar surface area (TPSA) is 56.3 Å². The molecule has 2 aromatic heterocycles. The van der Waals surface area contributed by atoms with Crippen LogP contribution in [0.25, 0.3) is 10.9 Å². The lowest BCUT2D eigenvalue weighted by Gasteiger charge is -2.16. The first-order valence-corrected chi connectivity index (χ1v) is 7.74. The summed E-state index contributed by atoms with van der Waals surface area (Å²) in [5.74, 6) is 1.48. The summed E-state index contributed by atoms with van der Waals surface area (Å²) in [5.41, 5.74) is 2.88. The van der Waals surface area contributed by atoms with Crippen molar-refractivity contribution >= 4 is 28.1 Å². The number of anilines is 1. The van der Waals surface area contributed by atoms with Gasteiger partial charge in [-0.3, -0.25) is 4.98 Å². The van der Waals surface area contributed by atoms with Crippen LogP contribution in [0.15, 0.2) is 35.8 Å². The molecular formula is C16H17N3O2S. The SMILES string of the molecule is COc1nscc1C(C)Nc1cccc2c(OC)ccnc12. The van der Waals surface area contributed by atoms with Crippen LogP contribution in [0.5, 0.6) is 11.6 Å². The number of para-hydroxylation sites is 1. The van der Waals surface area contributed by atoms with Crippen molar-refractivity contribution < 1.29 is 9.47 Å². The Morgan fingerprint density at radius 1 is 1.18 bits per heavy atom. The summed E-state index contributed by atoms with van der Waals surface area (Å²) in [6.07, 6.45) is 1.75. The Hall–Kier alpha value is -2.34. The van der Waals surface area contributed by atoms with Gasteiger partial charge in [-0.25, -0.2) is 0 Å². The zero-order chi connectivity index (χ0) is 15.5. The van der Waals surface area contributed by atoms with Crippen molar-refractivity contribution in [3.8, 4) is 11.6 Å². The molecule has 114 valence electrons. The molecule has 6 heteroatoms. The summed E-state index contributed by atoms with van der Waals surface area (Å²) in [6, 6.07) is 7.93. The van der Waals surface area contributed by atoms with Gasteiger partial charge in [0.25, 0.3) is 0 Å². The van der Waals surface area contributed by atoms with Crippen LogP contribution in [0.1, 0.15) is 18.5 Å². The molecule has 1 aromatic carbocycles. The van der Waals surface area contributed by atoms with Gasteiger partial charge in [0, 0.05) is 22.5 Å². The standard InChI is InChI=1S/C16H17N3O2S/c1-10(12-9-22-19-16(12)21-3)18-13-6-4-5-11-14(20-2)7-8-17-15(11)13/h4-10,18H,1-3H3. The molecule has 2 heterocycles. The Labute approximate surface area is 133 Å². The zero-order valence-electron chi connectivity index (χ0n) is 12.7. The third kappa shape index (κ3) is 2.57. The smallest absolute Gasteiger partial charge is 0.230 e. The van der Waals surface area contributed by atoms with E-state index in [0.717, 1.165) is 27.9 Å². The number of ether oxygens (including phenoxy) is 2. The normalized spacial score (nSPS) is 12.1. The van der Waals surface area contributed by atoms with Gasteiger partial charge in [0.1, 0.15) is 5.75 Å². The Kier molecular flexibility index (Phi) is 4.11. The van der Waals surface area contributed by atoms with E-state index in [2.05, 4.69) is 21.6 Å². The van der Waals surface area contributed by atoms with Gasteiger partial charge in [0.05, 0.1) is 31.5 Å². The molecule has 1 atom stereocenters. The van der Waals surface area contributed by atoms with E-state index in [1.165, 1.54) is 11.5 Å². The highest BCUT2D eigenvalue weighted by Crippen LogP contribution is 2.33. The number of benzene rings is 1. The molecule has 0 aliphatic rings. The monoisotopic (exact) mass is 315 g/mol. The minimum atomic E-state index is 0.0623. The summed E-state index contributed by atoms with van der Waals surface area (Å²) in [6.45, 7) is 2.07. The van der Waals surface area contributed by atoms with Gasteiger partial charge < -0.3 is 14.8 Å². The third-order valence-corrected chi connectivity index (χ3v) is 4.18. The quantitative estimate of drug-likeness (QED) is 0.774. The number of aromatic nitrogens is 2. The molecule has 0 fully saturated rings. The lowest BCUT2D eigenvalue weighted by Crippen LogP contribution is -2.08. The van der Waals surface area contributed by atoms with Gasteiger partial charge in [-0.1, -0.05) is 6.07 Å². The lowest BCUT2D eigenvalue weighted by atomic mass is 10.1. The fourth-order valence-electron chi connectivity index (χ4n) is 2.43. The molecule has 0 amide bonds. The van der Waals surface area contributed by atoms with Crippen molar-refractivity contribution in [3.63, 3.8) is 0 Å². The maximum atomic E-state index is 5.40. The summed E-state index contributed by atoms with van der Waals surface area (Å²) < 4.78 is 14.9. The van der Waals surface area contributed by atoms with Crippen molar-refractivity contribution in [3.05, 3.63) is 41.4 Å². The van der Waals surface area contributed by atoms with E-state index < -0.39 is 0 Å². The first-order chi connectivity index (χ1) is 10.7. The van der Waals surface area contributed by atoms with E-state index in [4.69, 9.17) is 9.47 Å². The highest BCUT2D eigenvalue weighted by Gasteiger charge is 2.15. The Bertz CT molecular complexity index is 788. The molecule has 3 rings (SSSR count). The fraction of sp³-hybridized carbons (Fsp3) is 0.250. The molecule has 0 saturated carbocycles. The van der Waals surface area contributed by atoms with Gasteiger partial charge in [-0.15, -0.1) is 0 Å². The van der Waals surface area contributed by atoms with E-state index >= 15 is 0 Å².